The van der Waals surface area contributed by atoms with Gasteiger partial charge >= 0.3 is 11.9 Å². The van der Waals surface area contributed by atoms with Crippen LogP contribution in [-0.4, -0.2) is 54.9 Å². The van der Waals surface area contributed by atoms with Gasteiger partial charge in [-0.05, 0) is 24.3 Å². The van der Waals surface area contributed by atoms with Crippen molar-refractivity contribution in [1.29, 1.82) is 0 Å². The summed E-state index contributed by atoms with van der Waals surface area (Å²) >= 11 is 0. The Labute approximate surface area is 168 Å². The average molecular weight is 398 g/mol. The predicted octanol–water partition coefficient (Wildman–Crippen LogP) is 2.36. The van der Waals surface area contributed by atoms with Crippen molar-refractivity contribution in [2.24, 2.45) is 0 Å². The smallest absolute Gasteiger partial charge is 0.338 e. The summed E-state index contributed by atoms with van der Waals surface area (Å²) in [7, 11) is 0. The fraction of sp³-hybridized carbons (Fsp3) is 0.273. The molecular weight excluding hydrogens is 376 g/mol. The van der Waals surface area contributed by atoms with Gasteiger partial charge in [-0.1, -0.05) is 42.5 Å². The summed E-state index contributed by atoms with van der Waals surface area (Å²) in [6.07, 6.45) is -2.64. The molecule has 3 rings (SSSR count). The van der Waals surface area contributed by atoms with Gasteiger partial charge in [0.25, 0.3) is 0 Å². The molecule has 0 amide bonds. The topological polar surface area (TPSA) is 91.3 Å². The standard InChI is InChI=1S/C22H22O7/c1-2-13-26-19-18(29-21(24)16-11-7-4-8-12-16)17(28-22(19)25)14-27-20(23)15-9-5-3-6-10-15/h2-12,17-19,22,25H,1,13-14H2/t17-,18-,19+,22?/m1/s1. The Balaban J connectivity index is 1.70. The second-order valence-corrected chi connectivity index (χ2v) is 6.35. The molecule has 2 aromatic rings. The average Bonchev–Trinajstić information content (AvgIpc) is 3.05. The largest absolute Gasteiger partial charge is 0.459 e. The Hall–Kier alpha value is -3.00. The summed E-state index contributed by atoms with van der Waals surface area (Å²) in [6.45, 7) is 3.48. The summed E-state index contributed by atoms with van der Waals surface area (Å²) in [5, 5.41) is 10.2. The van der Waals surface area contributed by atoms with E-state index in [1.54, 1.807) is 60.7 Å². The van der Waals surface area contributed by atoms with Crippen LogP contribution >= 0.6 is 0 Å². The van der Waals surface area contributed by atoms with Crippen molar-refractivity contribution >= 4 is 11.9 Å². The third-order valence-corrected chi connectivity index (χ3v) is 4.33. The Morgan fingerprint density at radius 3 is 2.14 bits per heavy atom. The first kappa shape index (κ1) is 20.7. The molecule has 1 aliphatic rings. The molecule has 7 heteroatoms. The van der Waals surface area contributed by atoms with Crippen LogP contribution in [0.1, 0.15) is 20.7 Å². The van der Waals surface area contributed by atoms with E-state index in [2.05, 4.69) is 6.58 Å². The van der Waals surface area contributed by atoms with Crippen LogP contribution in [0.2, 0.25) is 0 Å². The molecule has 1 unspecified atom stereocenters. The molecule has 1 fully saturated rings. The van der Waals surface area contributed by atoms with Crippen molar-refractivity contribution in [1.82, 2.24) is 0 Å². The summed E-state index contributed by atoms with van der Waals surface area (Å²) in [4.78, 5) is 24.7. The number of benzene rings is 2. The molecule has 1 heterocycles. The number of hydrogen-bond donors (Lipinski definition) is 1. The Bertz CT molecular complexity index is 822. The van der Waals surface area contributed by atoms with Crippen LogP contribution in [-0.2, 0) is 18.9 Å². The number of rotatable bonds is 8. The molecule has 0 radical (unpaired) electrons. The predicted molar refractivity (Wildman–Crippen MR) is 103 cm³/mol. The van der Waals surface area contributed by atoms with Gasteiger partial charge in [-0.2, -0.15) is 0 Å². The van der Waals surface area contributed by atoms with E-state index in [1.807, 2.05) is 0 Å². The van der Waals surface area contributed by atoms with E-state index < -0.39 is 36.5 Å². The highest BCUT2D eigenvalue weighted by Gasteiger charge is 2.48. The SMILES string of the molecule is C=CCO[C@@H]1C(O)O[C@H](COC(=O)c2ccccc2)[C@H]1OC(=O)c1ccccc1. The molecule has 29 heavy (non-hydrogen) atoms. The van der Waals surface area contributed by atoms with Gasteiger partial charge in [0.05, 0.1) is 17.7 Å². The lowest BCUT2D eigenvalue weighted by atomic mass is 10.1. The molecular formula is C22H22O7. The van der Waals surface area contributed by atoms with E-state index in [-0.39, 0.29) is 13.2 Å². The van der Waals surface area contributed by atoms with Crippen molar-refractivity contribution in [2.45, 2.75) is 24.6 Å². The maximum Gasteiger partial charge on any atom is 0.338 e. The zero-order valence-corrected chi connectivity index (χ0v) is 15.7. The van der Waals surface area contributed by atoms with Gasteiger partial charge in [0.15, 0.2) is 12.4 Å². The molecule has 1 N–H and O–H groups in total. The first-order chi connectivity index (χ1) is 14.1. The Morgan fingerprint density at radius 2 is 1.55 bits per heavy atom. The maximum absolute atomic E-state index is 12.5. The number of aliphatic hydroxyl groups is 1. The number of carbonyl (C=O) groups excluding carboxylic acids is 2. The van der Waals surface area contributed by atoms with E-state index in [4.69, 9.17) is 18.9 Å². The summed E-state index contributed by atoms with van der Waals surface area (Å²) in [5.41, 5.74) is 0.722. The minimum absolute atomic E-state index is 0.126. The van der Waals surface area contributed by atoms with Crippen LogP contribution in [0.4, 0.5) is 0 Å². The van der Waals surface area contributed by atoms with Crippen molar-refractivity contribution in [3.05, 3.63) is 84.4 Å². The molecule has 0 bridgehead atoms. The molecule has 0 aliphatic carbocycles. The number of ether oxygens (including phenoxy) is 4. The lowest BCUT2D eigenvalue weighted by molar-refractivity contribution is -0.144. The lowest BCUT2D eigenvalue weighted by Crippen LogP contribution is -2.41. The van der Waals surface area contributed by atoms with Crippen molar-refractivity contribution in [3.63, 3.8) is 0 Å². The lowest BCUT2D eigenvalue weighted by Gasteiger charge is -2.23. The van der Waals surface area contributed by atoms with Crippen LogP contribution in [0.5, 0.6) is 0 Å². The monoisotopic (exact) mass is 398 g/mol. The van der Waals surface area contributed by atoms with E-state index in [0.29, 0.717) is 11.1 Å². The molecule has 1 saturated heterocycles. The highest BCUT2D eigenvalue weighted by Crippen LogP contribution is 2.27. The second kappa shape index (κ2) is 9.97. The van der Waals surface area contributed by atoms with Gasteiger partial charge < -0.3 is 24.1 Å². The fourth-order valence-corrected chi connectivity index (χ4v) is 2.92. The fourth-order valence-electron chi connectivity index (χ4n) is 2.92. The number of aliphatic hydroxyl groups excluding tert-OH is 1. The van der Waals surface area contributed by atoms with Crippen LogP contribution in [0, 0.1) is 0 Å². The minimum atomic E-state index is -1.34. The maximum atomic E-state index is 12.5. The summed E-state index contributed by atoms with van der Waals surface area (Å²) in [6, 6.07) is 16.9. The quantitative estimate of drug-likeness (QED) is 0.539. The minimum Gasteiger partial charge on any atom is -0.459 e. The van der Waals surface area contributed by atoms with Gasteiger partial charge in [0.2, 0.25) is 0 Å². The third-order valence-electron chi connectivity index (χ3n) is 4.33. The van der Waals surface area contributed by atoms with Crippen molar-refractivity contribution in [2.75, 3.05) is 13.2 Å². The Kier molecular flexibility index (Phi) is 7.13. The number of hydrogen-bond acceptors (Lipinski definition) is 7. The third kappa shape index (κ3) is 5.29. The molecule has 0 aromatic heterocycles. The highest BCUT2D eigenvalue weighted by molar-refractivity contribution is 5.90. The van der Waals surface area contributed by atoms with E-state index in [1.165, 1.54) is 6.08 Å². The summed E-state index contributed by atoms with van der Waals surface area (Å²) < 4.78 is 21.8. The number of carbonyl (C=O) groups is 2. The zero-order valence-electron chi connectivity index (χ0n) is 15.7. The highest BCUT2D eigenvalue weighted by atomic mass is 16.7. The molecule has 1 aliphatic heterocycles. The first-order valence-corrected chi connectivity index (χ1v) is 9.14. The molecule has 0 spiro atoms. The van der Waals surface area contributed by atoms with Crippen LogP contribution in [0.3, 0.4) is 0 Å². The molecule has 2 aromatic carbocycles. The van der Waals surface area contributed by atoms with Gasteiger partial charge in [-0.3, -0.25) is 0 Å². The second-order valence-electron chi connectivity index (χ2n) is 6.35. The summed E-state index contributed by atoms with van der Waals surface area (Å²) in [5.74, 6) is -1.15. The number of esters is 2. The normalized spacial score (nSPS) is 23.3. The van der Waals surface area contributed by atoms with E-state index in [0.717, 1.165) is 0 Å². The Morgan fingerprint density at radius 1 is 0.966 bits per heavy atom. The van der Waals surface area contributed by atoms with Crippen molar-refractivity contribution < 1.29 is 33.6 Å². The van der Waals surface area contributed by atoms with Crippen LogP contribution in [0.15, 0.2) is 73.3 Å². The van der Waals surface area contributed by atoms with Crippen LogP contribution < -0.4 is 0 Å². The molecule has 0 saturated carbocycles. The van der Waals surface area contributed by atoms with Gasteiger partial charge in [0, 0.05) is 0 Å². The van der Waals surface area contributed by atoms with E-state index in [9.17, 15) is 14.7 Å². The zero-order chi connectivity index (χ0) is 20.6. The van der Waals surface area contributed by atoms with Gasteiger partial charge in [0.1, 0.15) is 18.8 Å². The van der Waals surface area contributed by atoms with Gasteiger partial charge in [-0.25, -0.2) is 9.59 Å². The van der Waals surface area contributed by atoms with Crippen LogP contribution in [0.25, 0.3) is 0 Å². The van der Waals surface area contributed by atoms with E-state index >= 15 is 0 Å². The first-order valence-electron chi connectivity index (χ1n) is 9.14. The van der Waals surface area contributed by atoms with Gasteiger partial charge in [-0.15, -0.1) is 6.58 Å². The molecule has 4 atom stereocenters. The van der Waals surface area contributed by atoms with Crippen molar-refractivity contribution in [3.8, 4) is 0 Å². The molecule has 152 valence electrons. The molecule has 7 nitrogen and oxygen atoms in total.